The van der Waals surface area contributed by atoms with Crippen LogP contribution in [-0.4, -0.2) is 11.9 Å². The van der Waals surface area contributed by atoms with Crippen molar-refractivity contribution in [2.45, 2.75) is 13.1 Å². The summed E-state index contributed by atoms with van der Waals surface area (Å²) in [5, 5.41) is 2.11. The van der Waals surface area contributed by atoms with Crippen LogP contribution in [0.15, 0.2) is 38.6 Å². The summed E-state index contributed by atoms with van der Waals surface area (Å²) in [5.41, 5.74) is 7.99. The van der Waals surface area contributed by atoms with E-state index in [4.69, 9.17) is 5.73 Å². The number of thiophene rings is 1. The number of nitrogens with two attached hydrogens (primary N) is 1. The molecule has 0 unspecified atom stereocenters. The molecule has 1 aromatic heterocycles. The number of halogens is 2. The fraction of sp³-hybridized carbons (Fsp3) is 0.231. The Labute approximate surface area is 128 Å². The van der Waals surface area contributed by atoms with Crippen LogP contribution in [0.1, 0.15) is 10.4 Å². The smallest absolute Gasteiger partial charge is 0.0371 e. The van der Waals surface area contributed by atoms with Gasteiger partial charge in [-0.05, 0) is 41.2 Å². The average molecular weight is 390 g/mol. The van der Waals surface area contributed by atoms with Crippen molar-refractivity contribution in [3.05, 3.63) is 49.0 Å². The summed E-state index contributed by atoms with van der Waals surface area (Å²) in [7, 11) is 2.10. The Kier molecular flexibility index (Phi) is 4.84. The third-order valence-electron chi connectivity index (χ3n) is 2.63. The first-order valence-electron chi connectivity index (χ1n) is 5.50. The number of hydrogen-bond donors (Lipinski definition) is 1. The zero-order valence-corrected chi connectivity index (χ0v) is 14.0. The zero-order chi connectivity index (χ0) is 13.1. The van der Waals surface area contributed by atoms with Crippen molar-refractivity contribution in [1.29, 1.82) is 0 Å². The fourth-order valence-electron chi connectivity index (χ4n) is 1.77. The molecule has 18 heavy (non-hydrogen) atoms. The molecule has 0 saturated carbocycles. The Morgan fingerprint density at radius 2 is 2.06 bits per heavy atom. The Morgan fingerprint density at radius 3 is 2.67 bits per heavy atom. The van der Waals surface area contributed by atoms with Gasteiger partial charge in [0.15, 0.2) is 0 Å². The molecule has 0 aliphatic rings. The maximum absolute atomic E-state index is 6.01. The lowest BCUT2D eigenvalue weighted by Gasteiger charge is -2.18. The lowest BCUT2D eigenvalue weighted by molar-refractivity contribution is 0.322. The number of nitrogen functional groups attached to an aromatic ring is 1. The number of hydrogen-bond acceptors (Lipinski definition) is 3. The van der Waals surface area contributed by atoms with Crippen molar-refractivity contribution in [1.82, 2.24) is 4.90 Å². The largest absolute Gasteiger partial charge is 0.398 e. The summed E-state index contributed by atoms with van der Waals surface area (Å²) in [6, 6.07) is 8.08. The first-order valence-corrected chi connectivity index (χ1v) is 7.97. The predicted molar refractivity (Wildman–Crippen MR) is 85.7 cm³/mol. The molecular weight excluding hydrogens is 376 g/mol. The van der Waals surface area contributed by atoms with Crippen LogP contribution in [0.2, 0.25) is 0 Å². The highest BCUT2D eigenvalue weighted by Crippen LogP contribution is 2.25. The van der Waals surface area contributed by atoms with Crippen molar-refractivity contribution in [2.24, 2.45) is 0 Å². The van der Waals surface area contributed by atoms with Gasteiger partial charge in [-0.2, -0.15) is 0 Å². The normalized spacial score (nSPS) is 11.1. The second-order valence-electron chi connectivity index (χ2n) is 4.21. The molecule has 2 rings (SSSR count). The van der Waals surface area contributed by atoms with E-state index in [0.29, 0.717) is 0 Å². The van der Waals surface area contributed by atoms with E-state index < -0.39 is 0 Å². The summed E-state index contributed by atoms with van der Waals surface area (Å²) in [5.74, 6) is 0. The van der Waals surface area contributed by atoms with Crippen LogP contribution < -0.4 is 5.73 Å². The first kappa shape index (κ1) is 14.1. The van der Waals surface area contributed by atoms with Crippen LogP contribution in [0.3, 0.4) is 0 Å². The van der Waals surface area contributed by atoms with Gasteiger partial charge in [-0.3, -0.25) is 4.90 Å². The van der Waals surface area contributed by atoms with Gasteiger partial charge in [0.05, 0.1) is 0 Å². The van der Waals surface area contributed by atoms with Gasteiger partial charge in [0.25, 0.3) is 0 Å². The Morgan fingerprint density at radius 1 is 1.28 bits per heavy atom. The predicted octanol–water partition coefficient (Wildman–Crippen LogP) is 4.49. The van der Waals surface area contributed by atoms with Gasteiger partial charge in [0.2, 0.25) is 0 Å². The third kappa shape index (κ3) is 3.57. The standard InChI is InChI=1S/C13H14Br2N2S/c1-17(6-10-5-9(14)8-18-10)7-11-12(15)3-2-4-13(11)16/h2-5,8H,6-7,16H2,1H3. The number of nitrogens with zero attached hydrogens (tertiary/aromatic N) is 1. The highest BCUT2D eigenvalue weighted by Gasteiger charge is 2.09. The molecule has 1 heterocycles. The number of rotatable bonds is 4. The van der Waals surface area contributed by atoms with E-state index >= 15 is 0 Å². The topological polar surface area (TPSA) is 29.3 Å². The van der Waals surface area contributed by atoms with Crippen LogP contribution in [-0.2, 0) is 13.1 Å². The van der Waals surface area contributed by atoms with Crippen LogP contribution in [0.25, 0.3) is 0 Å². The summed E-state index contributed by atoms with van der Waals surface area (Å²) < 4.78 is 2.22. The van der Waals surface area contributed by atoms with Crippen LogP contribution >= 0.6 is 43.2 Å². The Balaban J connectivity index is 2.05. The molecule has 0 aliphatic heterocycles. The molecule has 0 fully saturated rings. The summed E-state index contributed by atoms with van der Waals surface area (Å²) >= 11 is 8.80. The molecule has 0 radical (unpaired) electrons. The molecular formula is C13H14Br2N2S. The van der Waals surface area contributed by atoms with Gasteiger partial charge in [0.1, 0.15) is 0 Å². The lowest BCUT2D eigenvalue weighted by Crippen LogP contribution is -2.17. The SMILES string of the molecule is CN(Cc1cc(Br)cs1)Cc1c(N)cccc1Br. The molecule has 0 amide bonds. The second-order valence-corrected chi connectivity index (χ2v) is 6.98. The molecule has 2 aromatic rings. The third-order valence-corrected chi connectivity index (χ3v) is 5.06. The van der Waals surface area contributed by atoms with Gasteiger partial charge in [-0.1, -0.05) is 22.0 Å². The molecule has 96 valence electrons. The van der Waals surface area contributed by atoms with Gasteiger partial charge < -0.3 is 5.73 Å². The summed E-state index contributed by atoms with van der Waals surface area (Å²) in [6.07, 6.45) is 0. The van der Waals surface area contributed by atoms with Crippen molar-refractivity contribution < 1.29 is 0 Å². The molecule has 0 saturated heterocycles. The van der Waals surface area contributed by atoms with Crippen molar-refractivity contribution in [2.75, 3.05) is 12.8 Å². The maximum atomic E-state index is 6.01. The molecule has 0 spiro atoms. The van der Waals surface area contributed by atoms with Crippen LogP contribution in [0.5, 0.6) is 0 Å². The minimum Gasteiger partial charge on any atom is -0.398 e. The van der Waals surface area contributed by atoms with E-state index in [0.717, 1.165) is 33.3 Å². The van der Waals surface area contributed by atoms with Crippen molar-refractivity contribution in [3.8, 4) is 0 Å². The van der Waals surface area contributed by atoms with E-state index in [9.17, 15) is 0 Å². The van der Waals surface area contributed by atoms with Crippen LogP contribution in [0.4, 0.5) is 5.69 Å². The summed E-state index contributed by atoms with van der Waals surface area (Å²) in [6.45, 7) is 1.76. The quantitative estimate of drug-likeness (QED) is 0.780. The number of anilines is 1. The molecule has 2 nitrogen and oxygen atoms in total. The monoisotopic (exact) mass is 388 g/mol. The second kappa shape index (κ2) is 6.19. The minimum atomic E-state index is 0.836. The van der Waals surface area contributed by atoms with E-state index in [-0.39, 0.29) is 0 Å². The van der Waals surface area contributed by atoms with Gasteiger partial charge in [-0.15, -0.1) is 11.3 Å². The molecule has 5 heteroatoms. The Bertz CT molecular complexity index is 519. The van der Waals surface area contributed by atoms with Crippen LogP contribution in [0, 0.1) is 0 Å². The van der Waals surface area contributed by atoms with Crippen molar-refractivity contribution in [3.63, 3.8) is 0 Å². The van der Waals surface area contributed by atoms with E-state index in [1.165, 1.54) is 4.88 Å². The molecule has 1 aromatic carbocycles. The molecule has 0 aliphatic carbocycles. The van der Waals surface area contributed by atoms with Gasteiger partial charge in [0, 0.05) is 43.5 Å². The van der Waals surface area contributed by atoms with Crippen molar-refractivity contribution >= 4 is 48.9 Å². The average Bonchev–Trinajstić information content (AvgIpc) is 2.69. The molecule has 2 N–H and O–H groups in total. The molecule has 0 bridgehead atoms. The first-order chi connectivity index (χ1) is 8.56. The minimum absolute atomic E-state index is 0.836. The van der Waals surface area contributed by atoms with E-state index in [1.807, 2.05) is 18.2 Å². The fourth-order valence-corrected chi connectivity index (χ4v) is 3.81. The molecule has 0 atom stereocenters. The van der Waals surface area contributed by atoms with Gasteiger partial charge in [-0.25, -0.2) is 0 Å². The zero-order valence-electron chi connectivity index (χ0n) is 9.99. The highest BCUT2D eigenvalue weighted by molar-refractivity contribution is 9.10. The number of benzene rings is 1. The highest BCUT2D eigenvalue weighted by atomic mass is 79.9. The summed E-state index contributed by atoms with van der Waals surface area (Å²) in [4.78, 5) is 3.60. The Hall–Kier alpha value is -0.360. The van der Waals surface area contributed by atoms with Gasteiger partial charge >= 0.3 is 0 Å². The maximum Gasteiger partial charge on any atom is 0.0371 e. The lowest BCUT2D eigenvalue weighted by atomic mass is 10.1. The van der Waals surface area contributed by atoms with E-state index in [2.05, 4.69) is 55.3 Å². The van der Waals surface area contributed by atoms with E-state index in [1.54, 1.807) is 11.3 Å².